The van der Waals surface area contributed by atoms with Crippen molar-refractivity contribution in [2.24, 2.45) is 7.05 Å². The van der Waals surface area contributed by atoms with Crippen LogP contribution >= 0.6 is 0 Å². The maximum atomic E-state index is 13.0. The van der Waals surface area contributed by atoms with Crippen molar-refractivity contribution in [1.29, 1.82) is 0 Å². The van der Waals surface area contributed by atoms with Gasteiger partial charge in [-0.05, 0) is 36.4 Å². The van der Waals surface area contributed by atoms with Gasteiger partial charge in [-0.1, -0.05) is 48.5 Å². The molecule has 4 rings (SSSR count). The summed E-state index contributed by atoms with van der Waals surface area (Å²) in [4.78, 5) is 0.333. The van der Waals surface area contributed by atoms with Gasteiger partial charge in [0.05, 0.1) is 17.5 Å². The zero-order valence-electron chi connectivity index (χ0n) is 14.4. The third-order valence-corrected chi connectivity index (χ3v) is 6.13. The van der Waals surface area contributed by atoms with E-state index in [4.69, 9.17) is 0 Å². The summed E-state index contributed by atoms with van der Waals surface area (Å²) in [5.41, 5.74) is 2.87. The fraction of sp³-hybridized carbons (Fsp3) is 0.0952. The first-order chi connectivity index (χ1) is 12.6. The van der Waals surface area contributed by atoms with E-state index in [9.17, 15) is 8.42 Å². The Morgan fingerprint density at radius 3 is 2.08 bits per heavy atom. The maximum Gasteiger partial charge on any atom is 0.290 e. The highest BCUT2D eigenvalue weighted by Crippen LogP contribution is 2.25. The number of sulfone groups is 1. The Morgan fingerprint density at radius 1 is 0.808 bits per heavy atom. The second kappa shape index (κ2) is 6.42. The molecule has 0 aliphatic rings. The molecule has 0 saturated carbocycles. The van der Waals surface area contributed by atoms with Gasteiger partial charge in [0.1, 0.15) is 0 Å². The monoisotopic (exact) mass is 363 g/mol. The van der Waals surface area contributed by atoms with E-state index in [2.05, 4.69) is 0 Å². The van der Waals surface area contributed by atoms with Crippen molar-refractivity contribution in [3.63, 3.8) is 0 Å². The van der Waals surface area contributed by atoms with E-state index < -0.39 is 9.84 Å². The number of imidazole rings is 1. The molecule has 0 unspecified atom stereocenters. The summed E-state index contributed by atoms with van der Waals surface area (Å²) in [7, 11) is -1.50. The Balaban J connectivity index is 1.95. The largest absolute Gasteiger partial charge is 0.290 e. The van der Waals surface area contributed by atoms with Crippen LogP contribution in [0.2, 0.25) is 0 Å². The Labute approximate surface area is 152 Å². The molecule has 0 amide bonds. The fourth-order valence-corrected chi connectivity index (χ4v) is 4.65. The number of hydrogen-bond acceptors (Lipinski definition) is 2. The lowest BCUT2D eigenvalue weighted by molar-refractivity contribution is -0.634. The smallest absolute Gasteiger partial charge is 0.226 e. The molecule has 0 bridgehead atoms. The van der Waals surface area contributed by atoms with Gasteiger partial charge in [-0.2, -0.15) is 0 Å². The van der Waals surface area contributed by atoms with Crippen LogP contribution < -0.4 is 4.57 Å². The van der Waals surface area contributed by atoms with Crippen molar-refractivity contribution in [3.8, 4) is 11.4 Å². The number of nitrogens with zero attached hydrogens (tertiary/aromatic N) is 2. The molecule has 0 aliphatic carbocycles. The van der Waals surface area contributed by atoms with Crippen molar-refractivity contribution < 1.29 is 13.0 Å². The number of rotatable bonds is 4. The van der Waals surface area contributed by atoms with Crippen molar-refractivity contribution in [2.45, 2.75) is 10.8 Å². The maximum absolute atomic E-state index is 13.0. The highest BCUT2D eigenvalue weighted by molar-refractivity contribution is 7.90. The second-order valence-corrected chi connectivity index (χ2v) is 8.18. The molecule has 0 saturated heterocycles. The Kier molecular flexibility index (Phi) is 4.09. The summed E-state index contributed by atoms with van der Waals surface area (Å²) >= 11 is 0. The molecule has 26 heavy (non-hydrogen) atoms. The van der Waals surface area contributed by atoms with Crippen LogP contribution in [-0.2, 0) is 22.8 Å². The van der Waals surface area contributed by atoms with E-state index in [1.165, 1.54) is 0 Å². The van der Waals surface area contributed by atoms with Gasteiger partial charge >= 0.3 is 0 Å². The Hall–Kier alpha value is -2.92. The Morgan fingerprint density at radius 2 is 1.38 bits per heavy atom. The van der Waals surface area contributed by atoms with Gasteiger partial charge in [-0.25, -0.2) is 17.6 Å². The number of hydrogen-bond donors (Lipinski definition) is 0. The summed E-state index contributed by atoms with van der Waals surface area (Å²) in [5.74, 6) is 0.758. The molecule has 130 valence electrons. The third-order valence-electron chi connectivity index (χ3n) is 4.54. The molecule has 0 radical (unpaired) electrons. The van der Waals surface area contributed by atoms with E-state index in [-0.39, 0.29) is 5.88 Å². The van der Waals surface area contributed by atoms with E-state index in [0.29, 0.717) is 4.90 Å². The predicted molar refractivity (Wildman–Crippen MR) is 102 cm³/mol. The number of aromatic nitrogens is 2. The van der Waals surface area contributed by atoms with E-state index >= 15 is 0 Å². The first-order valence-electron chi connectivity index (χ1n) is 8.38. The van der Waals surface area contributed by atoms with Crippen LogP contribution in [0.15, 0.2) is 89.8 Å². The molecule has 0 spiro atoms. The summed E-state index contributed by atoms with van der Waals surface area (Å²) in [6.07, 6.45) is 0. The van der Waals surface area contributed by atoms with Gasteiger partial charge in [-0.15, -0.1) is 0 Å². The minimum absolute atomic E-state index is 0.109. The lowest BCUT2D eigenvalue weighted by Gasteiger charge is -2.06. The molecule has 0 atom stereocenters. The topological polar surface area (TPSA) is 43.0 Å². The minimum Gasteiger partial charge on any atom is -0.226 e. The number of aryl methyl sites for hydroxylation is 1. The summed E-state index contributed by atoms with van der Waals surface area (Å²) < 4.78 is 29.9. The molecule has 3 aromatic carbocycles. The molecule has 1 aromatic heterocycles. The molecule has 4 aromatic rings. The van der Waals surface area contributed by atoms with Gasteiger partial charge in [0.2, 0.25) is 9.84 Å². The van der Waals surface area contributed by atoms with Crippen LogP contribution in [0.3, 0.4) is 0 Å². The lowest BCUT2D eigenvalue weighted by atomic mass is 10.2. The van der Waals surface area contributed by atoms with Crippen molar-refractivity contribution in [1.82, 2.24) is 4.57 Å². The lowest BCUT2D eigenvalue weighted by Crippen LogP contribution is -2.30. The van der Waals surface area contributed by atoms with Crippen LogP contribution in [-0.4, -0.2) is 13.0 Å². The van der Waals surface area contributed by atoms with Crippen LogP contribution in [0.1, 0.15) is 0 Å². The van der Waals surface area contributed by atoms with Crippen LogP contribution in [0.5, 0.6) is 0 Å². The fourth-order valence-electron chi connectivity index (χ4n) is 3.33. The predicted octanol–water partition coefficient (Wildman–Crippen LogP) is 3.56. The van der Waals surface area contributed by atoms with Crippen molar-refractivity contribution in [3.05, 3.63) is 84.9 Å². The van der Waals surface area contributed by atoms with Crippen molar-refractivity contribution >= 4 is 20.9 Å². The quantitative estimate of drug-likeness (QED) is 0.520. The number of fused-ring (bicyclic) bond motifs is 1. The normalized spacial score (nSPS) is 11.7. The standard InChI is InChI=1S/C21H19N2O2S/c1-22-19-14-8-9-15-20(19)23(21(22)17-10-4-2-5-11-17)16-26(24,25)18-12-6-3-7-13-18/h2-15H,16H2,1H3/q+1. The van der Waals surface area contributed by atoms with E-state index in [1.807, 2.05) is 76.8 Å². The van der Waals surface area contributed by atoms with E-state index in [1.54, 1.807) is 24.3 Å². The molecule has 0 N–H and O–H groups in total. The summed E-state index contributed by atoms with van der Waals surface area (Å²) in [6.45, 7) is 0. The van der Waals surface area contributed by atoms with Gasteiger partial charge in [0.15, 0.2) is 16.9 Å². The highest BCUT2D eigenvalue weighted by Gasteiger charge is 2.28. The summed E-state index contributed by atoms with van der Waals surface area (Å²) in [5, 5.41) is 0. The first-order valence-corrected chi connectivity index (χ1v) is 10.0. The van der Waals surface area contributed by atoms with E-state index in [0.717, 1.165) is 22.4 Å². The number of para-hydroxylation sites is 2. The highest BCUT2D eigenvalue weighted by atomic mass is 32.2. The van der Waals surface area contributed by atoms with Crippen LogP contribution in [0, 0.1) is 0 Å². The van der Waals surface area contributed by atoms with Crippen LogP contribution in [0.25, 0.3) is 22.4 Å². The van der Waals surface area contributed by atoms with Gasteiger partial charge in [0, 0.05) is 0 Å². The molecule has 1 heterocycles. The zero-order valence-corrected chi connectivity index (χ0v) is 15.2. The number of benzene rings is 3. The molecular formula is C21H19N2O2S+. The molecule has 4 nitrogen and oxygen atoms in total. The van der Waals surface area contributed by atoms with Gasteiger partial charge in [-0.3, -0.25) is 0 Å². The third kappa shape index (κ3) is 2.80. The average Bonchev–Trinajstić information content (AvgIpc) is 2.95. The molecular weight excluding hydrogens is 344 g/mol. The van der Waals surface area contributed by atoms with Gasteiger partial charge < -0.3 is 0 Å². The SMILES string of the molecule is C[n+]1c(-c2ccccc2)n(CS(=O)(=O)c2ccccc2)c2ccccc21. The molecule has 0 fully saturated rings. The average molecular weight is 363 g/mol. The van der Waals surface area contributed by atoms with Crippen LogP contribution in [0.4, 0.5) is 0 Å². The summed E-state index contributed by atoms with van der Waals surface area (Å²) in [6, 6.07) is 26.3. The second-order valence-electron chi connectivity index (χ2n) is 6.22. The molecule has 5 heteroatoms. The minimum atomic E-state index is -3.47. The van der Waals surface area contributed by atoms with Gasteiger partial charge in [0.25, 0.3) is 5.82 Å². The first kappa shape index (κ1) is 16.5. The zero-order chi connectivity index (χ0) is 18.1. The Bertz CT molecular complexity index is 1160. The molecule has 0 aliphatic heterocycles. The van der Waals surface area contributed by atoms with Crippen molar-refractivity contribution in [2.75, 3.05) is 0 Å².